The van der Waals surface area contributed by atoms with E-state index in [1.807, 2.05) is 6.07 Å². The molecule has 138 valence electrons. The summed E-state index contributed by atoms with van der Waals surface area (Å²) in [6.07, 6.45) is 3.41. The lowest BCUT2D eigenvalue weighted by molar-refractivity contribution is -0.113. The predicted molar refractivity (Wildman–Crippen MR) is 108 cm³/mol. The number of carboxylic acid groups (broad SMARTS) is 1. The number of aromatic carboxylic acids is 1. The lowest BCUT2D eigenvalue weighted by atomic mass is 10.2. The van der Waals surface area contributed by atoms with Crippen LogP contribution in [0, 0.1) is 0 Å². The van der Waals surface area contributed by atoms with Crippen LogP contribution in [0.4, 0.5) is 10.5 Å². The summed E-state index contributed by atoms with van der Waals surface area (Å²) < 4.78 is 1.77. The number of carbonyl (C=O) groups excluding carboxylic acids is 2. The molecule has 2 heterocycles. The van der Waals surface area contributed by atoms with E-state index in [9.17, 15) is 19.5 Å². The molecule has 3 aromatic rings. The second-order valence-electron chi connectivity index (χ2n) is 6.01. The number of imide groups is 1. The molecule has 1 N–H and O–H groups in total. The van der Waals surface area contributed by atoms with Gasteiger partial charge in [0.2, 0.25) is 0 Å². The number of thioether (sulfide) groups is 1. The largest absolute Gasteiger partial charge is 0.478 e. The zero-order valence-electron chi connectivity index (χ0n) is 14.5. The van der Waals surface area contributed by atoms with Gasteiger partial charge < -0.3 is 9.67 Å². The van der Waals surface area contributed by atoms with Crippen molar-refractivity contribution < 1.29 is 19.5 Å². The van der Waals surface area contributed by atoms with Crippen LogP contribution in [0.25, 0.3) is 11.8 Å². The Labute approximate surface area is 164 Å². The number of carbonyl (C=O) groups is 3. The van der Waals surface area contributed by atoms with Crippen molar-refractivity contribution in [1.82, 2.24) is 4.57 Å². The lowest BCUT2D eigenvalue weighted by Crippen LogP contribution is -2.27. The smallest absolute Gasteiger partial charge is 0.335 e. The van der Waals surface area contributed by atoms with Crippen LogP contribution < -0.4 is 4.90 Å². The Hall–Kier alpha value is -3.58. The van der Waals surface area contributed by atoms with Crippen molar-refractivity contribution in [1.29, 1.82) is 0 Å². The van der Waals surface area contributed by atoms with Crippen molar-refractivity contribution in [3.8, 4) is 5.69 Å². The maximum Gasteiger partial charge on any atom is 0.335 e. The molecule has 0 spiro atoms. The van der Waals surface area contributed by atoms with Gasteiger partial charge in [-0.2, -0.15) is 0 Å². The SMILES string of the molecule is O=C(O)c1cccc(-n2cccc2/C=C2\SC(=O)N(c3ccccc3)C2=O)c1. The summed E-state index contributed by atoms with van der Waals surface area (Å²) in [6.45, 7) is 0. The van der Waals surface area contributed by atoms with E-state index in [2.05, 4.69) is 0 Å². The first-order valence-corrected chi connectivity index (χ1v) is 9.20. The maximum atomic E-state index is 12.8. The highest BCUT2D eigenvalue weighted by Crippen LogP contribution is 2.35. The minimum atomic E-state index is -1.01. The fraction of sp³-hybridized carbons (Fsp3) is 0. The molecule has 0 atom stereocenters. The second kappa shape index (κ2) is 7.21. The van der Waals surface area contributed by atoms with Gasteiger partial charge in [0, 0.05) is 17.6 Å². The van der Waals surface area contributed by atoms with E-state index < -0.39 is 5.97 Å². The molecule has 1 aliphatic heterocycles. The number of hydrogen-bond donors (Lipinski definition) is 1. The van der Waals surface area contributed by atoms with Crippen LogP contribution >= 0.6 is 11.8 Å². The standard InChI is InChI=1S/C21H14N2O4S/c24-19-18(28-21(27)23(19)15-7-2-1-3-8-15)13-17-10-5-11-22(17)16-9-4-6-14(12-16)20(25)26/h1-13H,(H,25,26)/b18-13-. The Bertz CT molecular complexity index is 1120. The predicted octanol–water partition coefficient (Wildman–Crippen LogP) is 4.42. The minimum absolute atomic E-state index is 0.168. The van der Waals surface area contributed by atoms with Crippen molar-refractivity contribution in [2.75, 3.05) is 4.90 Å². The molecule has 1 aliphatic rings. The second-order valence-corrected chi connectivity index (χ2v) is 7.00. The van der Waals surface area contributed by atoms with Crippen LogP contribution in [0.5, 0.6) is 0 Å². The van der Waals surface area contributed by atoms with Gasteiger partial charge in [0.25, 0.3) is 11.1 Å². The Morgan fingerprint density at radius 1 is 0.929 bits per heavy atom. The lowest BCUT2D eigenvalue weighted by Gasteiger charge is -2.11. The average Bonchev–Trinajstić information content (AvgIpc) is 3.27. The van der Waals surface area contributed by atoms with Crippen LogP contribution in [0.1, 0.15) is 16.1 Å². The van der Waals surface area contributed by atoms with E-state index >= 15 is 0 Å². The molecule has 0 saturated carbocycles. The van der Waals surface area contributed by atoms with Gasteiger partial charge in [-0.25, -0.2) is 9.69 Å². The van der Waals surface area contributed by atoms with E-state index in [1.54, 1.807) is 71.4 Å². The third kappa shape index (κ3) is 3.23. The van der Waals surface area contributed by atoms with Crippen molar-refractivity contribution >= 4 is 40.6 Å². The monoisotopic (exact) mass is 390 g/mol. The number of benzene rings is 2. The Morgan fingerprint density at radius 2 is 1.68 bits per heavy atom. The molecule has 0 radical (unpaired) electrons. The van der Waals surface area contributed by atoms with Crippen molar-refractivity contribution in [2.45, 2.75) is 0 Å². The molecule has 2 aromatic carbocycles. The van der Waals surface area contributed by atoms with E-state index in [1.165, 1.54) is 6.07 Å². The number of hydrogen-bond acceptors (Lipinski definition) is 4. The molecule has 28 heavy (non-hydrogen) atoms. The molecule has 6 nitrogen and oxygen atoms in total. The minimum Gasteiger partial charge on any atom is -0.478 e. The number of aromatic nitrogens is 1. The summed E-state index contributed by atoms with van der Waals surface area (Å²) in [4.78, 5) is 37.8. The summed E-state index contributed by atoms with van der Waals surface area (Å²) in [5, 5.41) is 8.84. The van der Waals surface area contributed by atoms with Crippen LogP contribution in [-0.2, 0) is 4.79 Å². The topological polar surface area (TPSA) is 79.6 Å². The first kappa shape index (κ1) is 17.8. The van der Waals surface area contributed by atoms with Gasteiger partial charge in [-0.3, -0.25) is 9.59 Å². The molecule has 4 rings (SSSR count). The molecule has 0 unspecified atom stereocenters. The van der Waals surface area contributed by atoms with Gasteiger partial charge in [0.05, 0.1) is 16.2 Å². The summed E-state index contributed by atoms with van der Waals surface area (Å²) >= 11 is 0.878. The highest BCUT2D eigenvalue weighted by atomic mass is 32.2. The number of para-hydroxylation sites is 1. The maximum absolute atomic E-state index is 12.8. The zero-order chi connectivity index (χ0) is 19.7. The fourth-order valence-corrected chi connectivity index (χ4v) is 3.76. The highest BCUT2D eigenvalue weighted by molar-refractivity contribution is 8.19. The van der Waals surface area contributed by atoms with Gasteiger partial charge in [0.15, 0.2) is 0 Å². The number of rotatable bonds is 4. The Kier molecular flexibility index (Phi) is 4.58. The van der Waals surface area contributed by atoms with E-state index in [0.29, 0.717) is 22.0 Å². The van der Waals surface area contributed by atoms with Crippen LogP contribution in [0.15, 0.2) is 77.8 Å². The molecule has 7 heteroatoms. The molecule has 1 aromatic heterocycles. The van der Waals surface area contributed by atoms with E-state index in [4.69, 9.17) is 0 Å². The molecular weight excluding hydrogens is 376 g/mol. The Balaban J connectivity index is 1.69. The van der Waals surface area contributed by atoms with E-state index in [-0.39, 0.29) is 16.7 Å². The fourth-order valence-electron chi connectivity index (χ4n) is 2.94. The normalized spacial score (nSPS) is 15.4. The molecule has 0 aliphatic carbocycles. The van der Waals surface area contributed by atoms with Gasteiger partial charge in [-0.15, -0.1) is 0 Å². The third-order valence-electron chi connectivity index (χ3n) is 4.24. The van der Waals surface area contributed by atoms with Crippen molar-refractivity contribution in [3.05, 3.63) is 89.1 Å². The summed E-state index contributed by atoms with van der Waals surface area (Å²) in [7, 11) is 0. The van der Waals surface area contributed by atoms with Crippen LogP contribution in [0.2, 0.25) is 0 Å². The highest BCUT2D eigenvalue weighted by Gasteiger charge is 2.36. The van der Waals surface area contributed by atoms with Crippen molar-refractivity contribution in [2.24, 2.45) is 0 Å². The molecule has 0 bridgehead atoms. The van der Waals surface area contributed by atoms with Gasteiger partial charge in [-0.05, 0) is 60.3 Å². The molecule has 2 amide bonds. The third-order valence-corrected chi connectivity index (χ3v) is 5.11. The molecule has 1 fully saturated rings. The van der Waals surface area contributed by atoms with Crippen LogP contribution in [-0.4, -0.2) is 26.8 Å². The van der Waals surface area contributed by atoms with E-state index in [0.717, 1.165) is 16.7 Å². The Morgan fingerprint density at radius 3 is 2.43 bits per heavy atom. The first-order chi connectivity index (χ1) is 13.5. The zero-order valence-corrected chi connectivity index (χ0v) is 15.3. The summed E-state index contributed by atoms with van der Waals surface area (Å²) in [5.74, 6) is -1.40. The van der Waals surface area contributed by atoms with Gasteiger partial charge in [0.1, 0.15) is 0 Å². The number of nitrogens with zero attached hydrogens (tertiary/aromatic N) is 2. The number of anilines is 1. The van der Waals surface area contributed by atoms with Crippen LogP contribution in [0.3, 0.4) is 0 Å². The quantitative estimate of drug-likeness (QED) is 0.667. The van der Waals surface area contributed by atoms with Gasteiger partial charge >= 0.3 is 5.97 Å². The van der Waals surface area contributed by atoms with Crippen molar-refractivity contribution in [3.63, 3.8) is 0 Å². The summed E-state index contributed by atoms with van der Waals surface area (Å²) in [5.41, 5.74) is 2.01. The number of amides is 2. The molecular formula is C21H14N2O4S. The van der Waals surface area contributed by atoms with Gasteiger partial charge in [-0.1, -0.05) is 24.3 Å². The first-order valence-electron chi connectivity index (χ1n) is 8.39. The average molecular weight is 390 g/mol. The molecule has 1 saturated heterocycles. The number of carboxylic acids is 1. The summed E-state index contributed by atoms with van der Waals surface area (Å²) in [6, 6.07) is 18.9.